The van der Waals surface area contributed by atoms with Crippen LogP contribution >= 0.6 is 0 Å². The normalized spacial score (nSPS) is 10.8. The van der Waals surface area contributed by atoms with Crippen LogP contribution in [0.3, 0.4) is 0 Å². The number of nitrogens with one attached hydrogen (secondary N) is 1. The second-order valence-corrected chi connectivity index (χ2v) is 4.91. The lowest BCUT2D eigenvalue weighted by atomic mass is 10.1. The highest BCUT2D eigenvalue weighted by Gasteiger charge is 1.98. The van der Waals surface area contributed by atoms with Crippen LogP contribution in [0, 0.1) is 0 Å². The Bertz CT molecular complexity index is 677. The minimum Gasteiger partial charge on any atom is -0.311 e. The summed E-state index contributed by atoms with van der Waals surface area (Å²) in [6.45, 7) is 1.79. The second-order valence-electron chi connectivity index (χ2n) is 4.91. The van der Waals surface area contributed by atoms with Crippen molar-refractivity contribution < 1.29 is 0 Å². The van der Waals surface area contributed by atoms with E-state index in [1.807, 2.05) is 12.1 Å². The molecule has 2 aromatic carbocycles. The van der Waals surface area contributed by atoms with Gasteiger partial charge < -0.3 is 5.32 Å². The summed E-state index contributed by atoms with van der Waals surface area (Å²) in [4.78, 5) is 4.66. The fraction of sp³-hybridized carbons (Fsp3) is 0.167. The van der Waals surface area contributed by atoms with Crippen LogP contribution in [0.1, 0.15) is 11.3 Å². The molecule has 0 bridgehead atoms. The third kappa shape index (κ3) is 3.22. The van der Waals surface area contributed by atoms with Crippen molar-refractivity contribution in [2.24, 2.45) is 0 Å². The molecule has 1 heterocycles. The molecule has 0 aliphatic rings. The van der Waals surface area contributed by atoms with E-state index in [2.05, 4.69) is 64.9 Å². The SMILES string of the molecule is c1ccc(CCNCc2ccc3ccccc3n2)cc1. The predicted octanol–water partition coefficient (Wildman–Crippen LogP) is 3.57. The van der Waals surface area contributed by atoms with Gasteiger partial charge in [-0.3, -0.25) is 4.98 Å². The molecule has 0 atom stereocenters. The Labute approximate surface area is 119 Å². The first kappa shape index (κ1) is 12.8. The molecule has 2 heteroatoms. The summed E-state index contributed by atoms with van der Waals surface area (Å²) in [5, 5.41) is 4.65. The largest absolute Gasteiger partial charge is 0.311 e. The summed E-state index contributed by atoms with van der Waals surface area (Å²) in [5.74, 6) is 0. The number of nitrogens with zero attached hydrogens (tertiary/aromatic N) is 1. The summed E-state index contributed by atoms with van der Waals surface area (Å²) in [6.07, 6.45) is 1.05. The van der Waals surface area contributed by atoms with Crippen LogP contribution in [-0.4, -0.2) is 11.5 Å². The predicted molar refractivity (Wildman–Crippen MR) is 83.6 cm³/mol. The van der Waals surface area contributed by atoms with Gasteiger partial charge in [-0.15, -0.1) is 0 Å². The molecule has 0 radical (unpaired) electrons. The fourth-order valence-corrected chi connectivity index (χ4v) is 2.30. The van der Waals surface area contributed by atoms with E-state index in [1.165, 1.54) is 10.9 Å². The minimum absolute atomic E-state index is 0.817. The van der Waals surface area contributed by atoms with Crippen molar-refractivity contribution >= 4 is 10.9 Å². The molecule has 0 saturated heterocycles. The topological polar surface area (TPSA) is 24.9 Å². The lowest BCUT2D eigenvalue weighted by Gasteiger charge is -2.06. The van der Waals surface area contributed by atoms with Crippen molar-refractivity contribution in [1.82, 2.24) is 10.3 Å². The molecule has 0 aliphatic carbocycles. The van der Waals surface area contributed by atoms with Crippen molar-refractivity contribution in [3.63, 3.8) is 0 Å². The first-order valence-electron chi connectivity index (χ1n) is 7.01. The van der Waals surface area contributed by atoms with E-state index in [0.717, 1.165) is 30.7 Å². The average Bonchev–Trinajstić information content (AvgIpc) is 2.52. The molecule has 0 amide bonds. The van der Waals surface area contributed by atoms with E-state index in [4.69, 9.17) is 0 Å². The van der Waals surface area contributed by atoms with Crippen molar-refractivity contribution in [1.29, 1.82) is 0 Å². The van der Waals surface area contributed by atoms with Gasteiger partial charge in [0, 0.05) is 11.9 Å². The Morgan fingerprint density at radius 3 is 2.50 bits per heavy atom. The molecule has 0 unspecified atom stereocenters. The summed E-state index contributed by atoms with van der Waals surface area (Å²) in [6, 6.07) is 23.0. The lowest BCUT2D eigenvalue weighted by Crippen LogP contribution is -2.17. The van der Waals surface area contributed by atoms with Crippen molar-refractivity contribution in [2.45, 2.75) is 13.0 Å². The van der Waals surface area contributed by atoms with Crippen LogP contribution in [0.4, 0.5) is 0 Å². The Balaban J connectivity index is 1.55. The maximum absolute atomic E-state index is 4.66. The van der Waals surface area contributed by atoms with E-state index in [0.29, 0.717) is 0 Å². The maximum atomic E-state index is 4.66. The van der Waals surface area contributed by atoms with Gasteiger partial charge in [-0.25, -0.2) is 0 Å². The molecule has 0 aliphatic heterocycles. The first-order chi connectivity index (χ1) is 9.92. The Morgan fingerprint density at radius 2 is 1.60 bits per heavy atom. The number of rotatable bonds is 5. The summed E-state index contributed by atoms with van der Waals surface area (Å²) in [7, 11) is 0. The Kier molecular flexibility index (Phi) is 4.04. The molecule has 2 nitrogen and oxygen atoms in total. The molecule has 0 fully saturated rings. The highest BCUT2D eigenvalue weighted by Crippen LogP contribution is 2.11. The van der Waals surface area contributed by atoms with Gasteiger partial charge in [-0.05, 0) is 30.7 Å². The van der Waals surface area contributed by atoms with Gasteiger partial charge in [-0.2, -0.15) is 0 Å². The average molecular weight is 262 g/mol. The van der Waals surface area contributed by atoms with Crippen LogP contribution < -0.4 is 5.32 Å². The molecular weight excluding hydrogens is 244 g/mol. The molecular formula is C18H18N2. The monoisotopic (exact) mass is 262 g/mol. The summed E-state index contributed by atoms with van der Waals surface area (Å²) >= 11 is 0. The highest BCUT2D eigenvalue weighted by atomic mass is 14.9. The molecule has 1 aromatic heterocycles. The van der Waals surface area contributed by atoms with E-state index in [9.17, 15) is 0 Å². The quantitative estimate of drug-likeness (QED) is 0.711. The van der Waals surface area contributed by atoms with Gasteiger partial charge in [0.15, 0.2) is 0 Å². The smallest absolute Gasteiger partial charge is 0.0705 e. The van der Waals surface area contributed by atoms with Crippen molar-refractivity contribution in [3.05, 3.63) is 78.0 Å². The van der Waals surface area contributed by atoms with Crippen LogP contribution in [-0.2, 0) is 13.0 Å². The third-order valence-corrected chi connectivity index (χ3v) is 3.40. The standard InChI is InChI=1S/C18H18N2/c1-2-6-15(7-3-1)12-13-19-14-17-11-10-16-8-4-5-9-18(16)20-17/h1-11,19H,12-14H2. The van der Waals surface area contributed by atoms with Gasteiger partial charge in [0.05, 0.1) is 11.2 Å². The third-order valence-electron chi connectivity index (χ3n) is 3.40. The zero-order chi connectivity index (χ0) is 13.6. The molecule has 1 N–H and O–H groups in total. The molecule has 100 valence electrons. The van der Waals surface area contributed by atoms with E-state index in [1.54, 1.807) is 0 Å². The number of fused-ring (bicyclic) bond motifs is 1. The van der Waals surface area contributed by atoms with Gasteiger partial charge in [-0.1, -0.05) is 54.6 Å². The van der Waals surface area contributed by atoms with Gasteiger partial charge in [0.25, 0.3) is 0 Å². The van der Waals surface area contributed by atoms with Gasteiger partial charge in [0.2, 0.25) is 0 Å². The fourth-order valence-electron chi connectivity index (χ4n) is 2.30. The van der Waals surface area contributed by atoms with Gasteiger partial charge >= 0.3 is 0 Å². The van der Waals surface area contributed by atoms with E-state index >= 15 is 0 Å². The van der Waals surface area contributed by atoms with Gasteiger partial charge in [0.1, 0.15) is 0 Å². The number of benzene rings is 2. The van der Waals surface area contributed by atoms with Crippen LogP contribution in [0.15, 0.2) is 66.7 Å². The van der Waals surface area contributed by atoms with Crippen LogP contribution in [0.2, 0.25) is 0 Å². The number of pyridine rings is 1. The lowest BCUT2D eigenvalue weighted by molar-refractivity contribution is 0.676. The van der Waals surface area contributed by atoms with Crippen LogP contribution in [0.25, 0.3) is 10.9 Å². The minimum atomic E-state index is 0.817. The second kappa shape index (κ2) is 6.31. The van der Waals surface area contributed by atoms with E-state index < -0.39 is 0 Å². The zero-order valence-electron chi connectivity index (χ0n) is 11.4. The van der Waals surface area contributed by atoms with Crippen molar-refractivity contribution in [3.8, 4) is 0 Å². The maximum Gasteiger partial charge on any atom is 0.0705 e. The molecule has 0 spiro atoms. The number of hydrogen-bond donors (Lipinski definition) is 1. The molecule has 20 heavy (non-hydrogen) atoms. The zero-order valence-corrected chi connectivity index (χ0v) is 11.4. The molecule has 3 rings (SSSR count). The summed E-state index contributed by atoms with van der Waals surface area (Å²) < 4.78 is 0. The molecule has 0 saturated carbocycles. The highest BCUT2D eigenvalue weighted by molar-refractivity contribution is 5.78. The van der Waals surface area contributed by atoms with Crippen molar-refractivity contribution in [2.75, 3.05) is 6.54 Å². The first-order valence-corrected chi connectivity index (χ1v) is 7.01. The van der Waals surface area contributed by atoms with Crippen LogP contribution in [0.5, 0.6) is 0 Å². The Morgan fingerprint density at radius 1 is 0.800 bits per heavy atom. The molecule has 3 aromatic rings. The Hall–Kier alpha value is -2.19. The number of para-hydroxylation sites is 1. The van der Waals surface area contributed by atoms with E-state index in [-0.39, 0.29) is 0 Å². The number of hydrogen-bond acceptors (Lipinski definition) is 2. The summed E-state index contributed by atoms with van der Waals surface area (Å²) in [5.41, 5.74) is 3.53. The number of aromatic nitrogens is 1.